The van der Waals surface area contributed by atoms with Crippen molar-refractivity contribution in [3.05, 3.63) is 47.9 Å². The minimum Gasteiger partial charge on any atom is -0.487 e. The van der Waals surface area contributed by atoms with Gasteiger partial charge in [0, 0.05) is 6.54 Å². The third-order valence-electron chi connectivity index (χ3n) is 2.75. The molecule has 1 heterocycles. The van der Waals surface area contributed by atoms with Gasteiger partial charge >= 0.3 is 0 Å². The number of nitrogens with one attached hydrogen (secondary N) is 1. The molecule has 20 heavy (non-hydrogen) atoms. The molecule has 0 bridgehead atoms. The fourth-order valence-corrected chi connectivity index (χ4v) is 1.62. The van der Waals surface area contributed by atoms with Crippen LogP contribution in [-0.4, -0.2) is 21.6 Å². The van der Waals surface area contributed by atoms with E-state index in [4.69, 9.17) is 9.84 Å². The van der Waals surface area contributed by atoms with Gasteiger partial charge in [-0.3, -0.25) is 4.98 Å². The molecule has 0 aliphatic carbocycles. The first kappa shape index (κ1) is 14.3. The molecule has 2 aromatic rings. The Morgan fingerprint density at radius 3 is 2.55 bits per heavy atom. The lowest BCUT2D eigenvalue weighted by atomic mass is 10.2. The van der Waals surface area contributed by atoms with Crippen LogP contribution in [0.5, 0.6) is 5.75 Å². The minimum atomic E-state index is 0.0397. The monoisotopic (exact) mass is 273 g/mol. The van der Waals surface area contributed by atoms with Gasteiger partial charge in [0.15, 0.2) is 0 Å². The predicted molar refractivity (Wildman–Crippen MR) is 77.5 cm³/mol. The molecular weight excluding hydrogens is 254 g/mol. The Kier molecular flexibility index (Phi) is 5.32. The molecule has 0 fully saturated rings. The van der Waals surface area contributed by atoms with Gasteiger partial charge in [0.2, 0.25) is 0 Å². The second-order valence-corrected chi connectivity index (χ2v) is 4.41. The number of nitrogens with zero attached hydrogens (tertiary/aromatic N) is 2. The molecule has 5 heteroatoms. The normalized spacial score (nSPS) is 10.3. The van der Waals surface area contributed by atoms with E-state index >= 15 is 0 Å². The number of aromatic nitrogens is 2. The largest absolute Gasteiger partial charge is 0.487 e. The topological polar surface area (TPSA) is 67.3 Å². The van der Waals surface area contributed by atoms with Crippen LogP contribution in [0.4, 0.5) is 5.82 Å². The van der Waals surface area contributed by atoms with Crippen molar-refractivity contribution in [2.24, 2.45) is 0 Å². The summed E-state index contributed by atoms with van der Waals surface area (Å²) in [6, 6.07) is 7.32. The summed E-state index contributed by atoms with van der Waals surface area (Å²) in [6.07, 6.45) is 4.47. The molecule has 1 aromatic carbocycles. The van der Waals surface area contributed by atoms with Gasteiger partial charge in [-0.1, -0.05) is 19.1 Å². The van der Waals surface area contributed by atoms with E-state index in [-0.39, 0.29) is 6.61 Å². The standard InChI is InChI=1S/C15H19N3O2/c1-2-7-16-15-9-17-13(8-18-15)11-20-14-5-3-12(10-19)4-6-14/h3-6,8-9,19H,2,7,10-11H2,1H3,(H,16,18). The number of aliphatic hydroxyl groups is 1. The summed E-state index contributed by atoms with van der Waals surface area (Å²) in [7, 11) is 0. The van der Waals surface area contributed by atoms with Crippen molar-refractivity contribution < 1.29 is 9.84 Å². The third-order valence-corrected chi connectivity index (χ3v) is 2.75. The van der Waals surface area contributed by atoms with Crippen LogP contribution in [0.25, 0.3) is 0 Å². The SMILES string of the molecule is CCCNc1cnc(COc2ccc(CO)cc2)cn1. The molecule has 0 amide bonds. The van der Waals surface area contributed by atoms with Crippen LogP contribution in [-0.2, 0) is 13.2 Å². The van der Waals surface area contributed by atoms with Gasteiger partial charge in [0.05, 0.1) is 24.7 Å². The highest BCUT2D eigenvalue weighted by atomic mass is 16.5. The number of hydrogen-bond acceptors (Lipinski definition) is 5. The summed E-state index contributed by atoms with van der Waals surface area (Å²) in [5, 5.41) is 12.1. The summed E-state index contributed by atoms with van der Waals surface area (Å²) < 4.78 is 5.61. The smallest absolute Gasteiger partial charge is 0.144 e. The highest BCUT2D eigenvalue weighted by Gasteiger charge is 1.99. The molecule has 0 saturated carbocycles. The maximum atomic E-state index is 8.96. The van der Waals surface area contributed by atoms with Crippen molar-refractivity contribution >= 4 is 5.82 Å². The number of aliphatic hydroxyl groups excluding tert-OH is 1. The maximum absolute atomic E-state index is 8.96. The maximum Gasteiger partial charge on any atom is 0.144 e. The van der Waals surface area contributed by atoms with Crippen LogP contribution in [0.2, 0.25) is 0 Å². The zero-order chi connectivity index (χ0) is 14.2. The van der Waals surface area contributed by atoms with E-state index in [0.717, 1.165) is 35.8 Å². The first-order chi connectivity index (χ1) is 9.81. The van der Waals surface area contributed by atoms with Crippen molar-refractivity contribution in [3.8, 4) is 5.75 Å². The Hall–Kier alpha value is -2.14. The second-order valence-electron chi connectivity index (χ2n) is 4.41. The molecule has 0 radical (unpaired) electrons. The van der Waals surface area contributed by atoms with Gasteiger partial charge in [-0.2, -0.15) is 0 Å². The number of ether oxygens (including phenoxy) is 1. The van der Waals surface area contributed by atoms with E-state index in [0.29, 0.717) is 6.61 Å². The van der Waals surface area contributed by atoms with Crippen LogP contribution < -0.4 is 10.1 Å². The molecule has 0 aliphatic heterocycles. The quantitative estimate of drug-likeness (QED) is 0.810. The molecule has 0 saturated heterocycles. The van der Waals surface area contributed by atoms with E-state index in [1.54, 1.807) is 12.4 Å². The minimum absolute atomic E-state index is 0.0397. The lowest BCUT2D eigenvalue weighted by molar-refractivity contribution is 0.280. The van der Waals surface area contributed by atoms with Gasteiger partial charge < -0.3 is 15.2 Å². The van der Waals surface area contributed by atoms with E-state index < -0.39 is 0 Å². The number of anilines is 1. The van der Waals surface area contributed by atoms with Crippen molar-refractivity contribution in [2.45, 2.75) is 26.6 Å². The molecule has 2 N–H and O–H groups in total. The first-order valence-electron chi connectivity index (χ1n) is 6.69. The van der Waals surface area contributed by atoms with Gasteiger partial charge in [-0.05, 0) is 24.1 Å². The summed E-state index contributed by atoms with van der Waals surface area (Å²) in [6.45, 7) is 3.41. The summed E-state index contributed by atoms with van der Waals surface area (Å²) in [5.74, 6) is 1.53. The van der Waals surface area contributed by atoms with Crippen LogP contribution in [0.15, 0.2) is 36.7 Å². The van der Waals surface area contributed by atoms with Crippen LogP contribution in [0, 0.1) is 0 Å². The summed E-state index contributed by atoms with van der Waals surface area (Å²) >= 11 is 0. The Balaban J connectivity index is 1.86. The average molecular weight is 273 g/mol. The molecule has 5 nitrogen and oxygen atoms in total. The molecule has 2 rings (SSSR count). The van der Waals surface area contributed by atoms with Gasteiger partial charge in [-0.25, -0.2) is 4.98 Å². The summed E-state index contributed by atoms with van der Waals surface area (Å²) in [4.78, 5) is 8.56. The van der Waals surface area contributed by atoms with Crippen molar-refractivity contribution in [2.75, 3.05) is 11.9 Å². The fourth-order valence-electron chi connectivity index (χ4n) is 1.62. The molecule has 1 aromatic heterocycles. The zero-order valence-corrected chi connectivity index (χ0v) is 11.5. The van der Waals surface area contributed by atoms with Crippen LogP contribution in [0.1, 0.15) is 24.6 Å². The average Bonchev–Trinajstić information content (AvgIpc) is 2.52. The fraction of sp³-hybridized carbons (Fsp3) is 0.333. The Morgan fingerprint density at radius 2 is 1.95 bits per heavy atom. The van der Waals surface area contributed by atoms with E-state index in [1.807, 2.05) is 24.3 Å². The summed E-state index contributed by atoms with van der Waals surface area (Å²) in [5.41, 5.74) is 1.64. The highest BCUT2D eigenvalue weighted by Crippen LogP contribution is 2.13. The van der Waals surface area contributed by atoms with E-state index in [9.17, 15) is 0 Å². The van der Waals surface area contributed by atoms with E-state index in [1.165, 1.54) is 0 Å². The van der Waals surface area contributed by atoms with Gasteiger partial charge in [-0.15, -0.1) is 0 Å². The molecule has 0 atom stereocenters. The molecule has 0 unspecified atom stereocenters. The van der Waals surface area contributed by atoms with Gasteiger partial charge in [0.1, 0.15) is 18.2 Å². The molecule has 0 spiro atoms. The van der Waals surface area contributed by atoms with Crippen molar-refractivity contribution in [3.63, 3.8) is 0 Å². The van der Waals surface area contributed by atoms with Crippen LogP contribution >= 0.6 is 0 Å². The third kappa shape index (κ3) is 4.20. The van der Waals surface area contributed by atoms with Crippen molar-refractivity contribution in [1.82, 2.24) is 9.97 Å². The number of benzene rings is 1. The Morgan fingerprint density at radius 1 is 1.15 bits per heavy atom. The first-order valence-corrected chi connectivity index (χ1v) is 6.69. The number of rotatable bonds is 7. The lowest BCUT2D eigenvalue weighted by Gasteiger charge is -2.07. The molecule has 0 aliphatic rings. The van der Waals surface area contributed by atoms with Crippen LogP contribution in [0.3, 0.4) is 0 Å². The highest BCUT2D eigenvalue weighted by molar-refractivity contribution is 5.31. The Labute approximate surface area is 118 Å². The molecular formula is C15H19N3O2. The zero-order valence-electron chi connectivity index (χ0n) is 11.5. The van der Waals surface area contributed by atoms with Gasteiger partial charge in [0.25, 0.3) is 0 Å². The molecule has 106 valence electrons. The van der Waals surface area contributed by atoms with Crippen molar-refractivity contribution in [1.29, 1.82) is 0 Å². The predicted octanol–water partition coefficient (Wildman–Crippen LogP) is 2.37. The lowest BCUT2D eigenvalue weighted by Crippen LogP contribution is -2.04. The second kappa shape index (κ2) is 7.45. The van der Waals surface area contributed by atoms with E-state index in [2.05, 4.69) is 22.2 Å². The Bertz CT molecular complexity index is 512. The number of hydrogen-bond donors (Lipinski definition) is 2.